The molecule has 1 aromatic carbocycles. The van der Waals surface area contributed by atoms with E-state index in [1.54, 1.807) is 12.1 Å². The van der Waals surface area contributed by atoms with E-state index in [4.69, 9.17) is 5.11 Å². The number of aromatic carboxylic acids is 1. The fourth-order valence-corrected chi connectivity index (χ4v) is 3.76. The highest BCUT2D eigenvalue weighted by atomic mass is 79.9. The highest BCUT2D eigenvalue weighted by Crippen LogP contribution is 2.55. The summed E-state index contributed by atoms with van der Waals surface area (Å²) in [5, 5.41) is 12.0. The van der Waals surface area contributed by atoms with Crippen molar-refractivity contribution in [1.82, 2.24) is 0 Å². The molecule has 106 valence electrons. The van der Waals surface area contributed by atoms with Gasteiger partial charge in [0.1, 0.15) is 0 Å². The van der Waals surface area contributed by atoms with Crippen molar-refractivity contribution < 1.29 is 14.7 Å². The summed E-state index contributed by atoms with van der Waals surface area (Å²) >= 11 is 3.30. The number of amides is 1. The number of benzene rings is 1. The minimum Gasteiger partial charge on any atom is -0.478 e. The SMILES string of the molecule is O=C(O)c1ccc(Br)cc1NC(=O)C1C2CCCCC21. The molecule has 0 bridgehead atoms. The van der Waals surface area contributed by atoms with Crippen LogP contribution in [0.5, 0.6) is 0 Å². The fraction of sp³-hybridized carbons (Fsp3) is 0.467. The number of carboxylic acid groups (broad SMARTS) is 1. The van der Waals surface area contributed by atoms with Crippen molar-refractivity contribution in [2.24, 2.45) is 17.8 Å². The maximum Gasteiger partial charge on any atom is 0.337 e. The number of nitrogens with one attached hydrogen (secondary N) is 1. The molecule has 20 heavy (non-hydrogen) atoms. The van der Waals surface area contributed by atoms with Crippen LogP contribution in [0, 0.1) is 17.8 Å². The number of rotatable bonds is 3. The van der Waals surface area contributed by atoms with Gasteiger partial charge in [0.05, 0.1) is 11.3 Å². The van der Waals surface area contributed by atoms with Crippen molar-refractivity contribution in [2.75, 3.05) is 5.32 Å². The second-order valence-electron chi connectivity index (χ2n) is 5.62. The summed E-state index contributed by atoms with van der Waals surface area (Å²) in [7, 11) is 0. The Bertz CT molecular complexity index is 560. The summed E-state index contributed by atoms with van der Waals surface area (Å²) < 4.78 is 0.756. The normalized spacial score (nSPS) is 27.6. The molecule has 0 aromatic heterocycles. The van der Waals surface area contributed by atoms with Gasteiger partial charge in [-0.05, 0) is 42.9 Å². The van der Waals surface area contributed by atoms with Crippen LogP contribution in [0.1, 0.15) is 36.0 Å². The van der Waals surface area contributed by atoms with Crippen LogP contribution in [0.25, 0.3) is 0 Å². The lowest BCUT2D eigenvalue weighted by atomic mass is 10.0. The third-order valence-electron chi connectivity index (χ3n) is 4.43. The third kappa shape index (κ3) is 2.46. The molecule has 3 rings (SSSR count). The third-order valence-corrected chi connectivity index (χ3v) is 4.92. The smallest absolute Gasteiger partial charge is 0.337 e. The number of fused-ring (bicyclic) bond motifs is 1. The molecular formula is C15H16BrNO3. The van der Waals surface area contributed by atoms with Crippen molar-refractivity contribution in [3.05, 3.63) is 28.2 Å². The Morgan fingerprint density at radius 3 is 2.45 bits per heavy atom. The number of anilines is 1. The number of hydrogen-bond acceptors (Lipinski definition) is 2. The van der Waals surface area contributed by atoms with E-state index in [-0.39, 0.29) is 17.4 Å². The standard InChI is InChI=1S/C15H16BrNO3/c16-8-5-6-11(15(19)20)12(7-8)17-14(18)13-9-3-1-2-4-10(9)13/h5-7,9-10,13H,1-4H2,(H,17,18)(H,19,20). The molecule has 1 amide bonds. The van der Waals surface area contributed by atoms with Crippen LogP contribution in [0.3, 0.4) is 0 Å². The highest BCUT2D eigenvalue weighted by Gasteiger charge is 2.54. The Balaban J connectivity index is 1.76. The Hall–Kier alpha value is -1.36. The molecule has 0 heterocycles. The first kappa shape index (κ1) is 13.6. The van der Waals surface area contributed by atoms with E-state index in [2.05, 4.69) is 21.2 Å². The Labute approximate surface area is 125 Å². The second-order valence-corrected chi connectivity index (χ2v) is 6.54. The van der Waals surface area contributed by atoms with Gasteiger partial charge in [0.2, 0.25) is 5.91 Å². The maximum absolute atomic E-state index is 12.3. The maximum atomic E-state index is 12.3. The zero-order valence-corrected chi connectivity index (χ0v) is 12.5. The summed E-state index contributed by atoms with van der Waals surface area (Å²) in [5.74, 6) is 0.0648. The van der Waals surface area contributed by atoms with E-state index in [1.165, 1.54) is 18.9 Å². The molecule has 5 heteroatoms. The predicted octanol–water partition coefficient (Wildman–Crippen LogP) is 3.52. The zero-order chi connectivity index (χ0) is 14.3. The molecule has 2 aliphatic carbocycles. The van der Waals surface area contributed by atoms with Crippen LogP contribution in [-0.2, 0) is 4.79 Å². The second kappa shape index (κ2) is 5.20. The zero-order valence-electron chi connectivity index (χ0n) is 10.9. The Kier molecular flexibility index (Phi) is 3.54. The molecule has 0 spiro atoms. The Morgan fingerprint density at radius 1 is 1.20 bits per heavy atom. The van der Waals surface area contributed by atoms with E-state index in [1.807, 2.05) is 0 Å². The van der Waals surface area contributed by atoms with Gasteiger partial charge in [-0.2, -0.15) is 0 Å². The van der Waals surface area contributed by atoms with Gasteiger partial charge in [-0.25, -0.2) is 4.79 Å². The number of carbonyl (C=O) groups excluding carboxylic acids is 1. The summed E-state index contributed by atoms with van der Waals surface area (Å²) in [6, 6.07) is 4.81. The molecule has 2 fully saturated rings. The molecule has 2 aliphatic rings. The number of hydrogen-bond donors (Lipinski definition) is 2. The largest absolute Gasteiger partial charge is 0.478 e. The molecule has 2 atom stereocenters. The molecule has 0 saturated heterocycles. The first-order valence-electron chi connectivity index (χ1n) is 6.91. The van der Waals surface area contributed by atoms with Crippen LogP contribution >= 0.6 is 15.9 Å². The van der Waals surface area contributed by atoms with Gasteiger partial charge in [0.15, 0.2) is 0 Å². The highest BCUT2D eigenvalue weighted by molar-refractivity contribution is 9.10. The molecule has 2 N–H and O–H groups in total. The van der Waals surface area contributed by atoms with Gasteiger partial charge < -0.3 is 10.4 Å². The monoisotopic (exact) mass is 337 g/mol. The van der Waals surface area contributed by atoms with Gasteiger partial charge in [0, 0.05) is 10.4 Å². The van der Waals surface area contributed by atoms with Crippen molar-refractivity contribution in [1.29, 1.82) is 0 Å². The number of halogens is 1. The Morgan fingerprint density at radius 2 is 1.85 bits per heavy atom. The summed E-state index contributed by atoms with van der Waals surface area (Å²) in [6.45, 7) is 0. The topological polar surface area (TPSA) is 66.4 Å². The lowest BCUT2D eigenvalue weighted by Crippen LogP contribution is -2.17. The molecule has 0 radical (unpaired) electrons. The molecule has 1 aromatic rings. The minimum absolute atomic E-state index is 0.0255. The molecule has 0 aliphatic heterocycles. The van der Waals surface area contributed by atoms with Gasteiger partial charge in [-0.3, -0.25) is 4.79 Å². The van der Waals surface area contributed by atoms with Gasteiger partial charge >= 0.3 is 5.97 Å². The van der Waals surface area contributed by atoms with E-state index in [0.717, 1.165) is 17.3 Å². The van der Waals surface area contributed by atoms with E-state index >= 15 is 0 Å². The lowest BCUT2D eigenvalue weighted by Gasteiger charge is -2.09. The summed E-state index contributed by atoms with van der Waals surface area (Å²) in [4.78, 5) is 23.5. The van der Waals surface area contributed by atoms with Crippen LogP contribution in [-0.4, -0.2) is 17.0 Å². The van der Waals surface area contributed by atoms with Gasteiger partial charge in [-0.1, -0.05) is 28.8 Å². The van der Waals surface area contributed by atoms with Crippen molar-refractivity contribution in [2.45, 2.75) is 25.7 Å². The minimum atomic E-state index is -1.03. The number of carboxylic acids is 1. The average Bonchev–Trinajstić information content (AvgIpc) is 3.12. The van der Waals surface area contributed by atoms with Crippen molar-refractivity contribution in [3.63, 3.8) is 0 Å². The molecule has 2 unspecified atom stereocenters. The molecule has 2 saturated carbocycles. The summed E-state index contributed by atoms with van der Waals surface area (Å²) in [5.41, 5.74) is 0.505. The average molecular weight is 338 g/mol. The van der Waals surface area contributed by atoms with Crippen LogP contribution in [0.2, 0.25) is 0 Å². The molecule has 4 nitrogen and oxygen atoms in total. The molecular weight excluding hydrogens is 322 g/mol. The first-order chi connectivity index (χ1) is 9.58. The van der Waals surface area contributed by atoms with Crippen molar-refractivity contribution >= 4 is 33.5 Å². The summed E-state index contributed by atoms with van der Waals surface area (Å²) in [6.07, 6.45) is 4.68. The van der Waals surface area contributed by atoms with E-state index in [9.17, 15) is 9.59 Å². The van der Waals surface area contributed by atoms with Crippen molar-refractivity contribution in [3.8, 4) is 0 Å². The predicted molar refractivity (Wildman–Crippen MR) is 78.7 cm³/mol. The first-order valence-corrected chi connectivity index (χ1v) is 7.71. The van der Waals surface area contributed by atoms with Crippen LogP contribution in [0.15, 0.2) is 22.7 Å². The van der Waals surface area contributed by atoms with E-state index in [0.29, 0.717) is 17.5 Å². The van der Waals surface area contributed by atoms with Gasteiger partial charge in [-0.15, -0.1) is 0 Å². The van der Waals surface area contributed by atoms with Crippen LogP contribution < -0.4 is 5.32 Å². The number of carbonyl (C=O) groups is 2. The fourth-order valence-electron chi connectivity index (χ4n) is 3.40. The van der Waals surface area contributed by atoms with Gasteiger partial charge in [0.25, 0.3) is 0 Å². The lowest BCUT2D eigenvalue weighted by molar-refractivity contribution is -0.117. The van der Waals surface area contributed by atoms with E-state index < -0.39 is 5.97 Å². The van der Waals surface area contributed by atoms with Crippen LogP contribution in [0.4, 0.5) is 5.69 Å². The quantitative estimate of drug-likeness (QED) is 0.886.